The number of hydrogen-bond acceptors (Lipinski definition) is 7. The van der Waals surface area contributed by atoms with Gasteiger partial charge in [-0.05, 0) is 72.2 Å². The van der Waals surface area contributed by atoms with Crippen molar-refractivity contribution in [1.82, 2.24) is 15.5 Å². The second-order valence-electron chi connectivity index (χ2n) is 9.11. The Bertz CT molecular complexity index is 947. The van der Waals surface area contributed by atoms with Crippen molar-refractivity contribution in [2.45, 2.75) is 40.2 Å². The highest BCUT2D eigenvalue weighted by atomic mass is 79.9. The molecule has 9 heteroatoms. The van der Waals surface area contributed by atoms with Gasteiger partial charge in [0.25, 0.3) is 0 Å². The van der Waals surface area contributed by atoms with E-state index in [0.29, 0.717) is 43.0 Å². The molecule has 0 bridgehead atoms. The van der Waals surface area contributed by atoms with Crippen molar-refractivity contribution in [3.8, 4) is 17.2 Å². The smallest absolute Gasteiger partial charge is 0.217 e. The van der Waals surface area contributed by atoms with Gasteiger partial charge in [-0.1, -0.05) is 52.4 Å². The quantitative estimate of drug-likeness (QED) is 0.0469. The van der Waals surface area contributed by atoms with E-state index in [1.807, 2.05) is 76.2 Å². The van der Waals surface area contributed by atoms with Gasteiger partial charge < -0.3 is 35.5 Å². The van der Waals surface area contributed by atoms with E-state index in [4.69, 9.17) is 19.9 Å². The van der Waals surface area contributed by atoms with E-state index < -0.39 is 0 Å². The number of ether oxygens (including phenoxy) is 3. The third-order valence-electron chi connectivity index (χ3n) is 6.02. The Labute approximate surface area is 251 Å². The molecule has 4 N–H and O–H groups in total. The van der Waals surface area contributed by atoms with Crippen LogP contribution in [0.3, 0.4) is 0 Å². The fourth-order valence-electron chi connectivity index (χ4n) is 3.76. The van der Waals surface area contributed by atoms with Crippen LogP contribution in [0, 0.1) is 5.92 Å². The van der Waals surface area contributed by atoms with Crippen molar-refractivity contribution in [3.05, 3.63) is 66.1 Å². The number of nitrogens with zero attached hydrogens (tertiary/aromatic N) is 2. The van der Waals surface area contributed by atoms with Gasteiger partial charge in [-0.15, -0.1) is 0 Å². The molecule has 1 aliphatic heterocycles. The van der Waals surface area contributed by atoms with Crippen molar-refractivity contribution in [2.75, 3.05) is 59.8 Å². The summed E-state index contributed by atoms with van der Waals surface area (Å²) in [5, 5.41) is 6.45. The molecule has 0 radical (unpaired) electrons. The molecular formula is C31H52BrN5O3. The minimum Gasteiger partial charge on any atom is -0.493 e. The summed E-state index contributed by atoms with van der Waals surface area (Å²) in [6.45, 7) is 14.4. The molecule has 1 atom stereocenters. The molecule has 1 unspecified atom stereocenters. The van der Waals surface area contributed by atoms with Gasteiger partial charge in [0.1, 0.15) is 5.75 Å². The monoisotopic (exact) mass is 621 g/mol. The maximum absolute atomic E-state index is 6.20. The van der Waals surface area contributed by atoms with E-state index in [0.717, 1.165) is 30.9 Å². The highest BCUT2D eigenvalue weighted by Crippen LogP contribution is 2.36. The second kappa shape index (κ2) is 24.2. The number of allylic oxidation sites excluding steroid dienone is 4. The van der Waals surface area contributed by atoms with Crippen molar-refractivity contribution in [2.24, 2.45) is 16.6 Å². The number of methoxy groups -OCH3 is 1. The summed E-state index contributed by atoms with van der Waals surface area (Å²) in [6, 6.07) is 3.83. The summed E-state index contributed by atoms with van der Waals surface area (Å²) in [6.07, 6.45) is 13.4. The number of hydrogen-bond donors (Lipinski definition) is 3. The minimum atomic E-state index is 0.416. The maximum atomic E-state index is 6.20. The van der Waals surface area contributed by atoms with Crippen LogP contribution in [-0.4, -0.2) is 71.1 Å². The van der Waals surface area contributed by atoms with Crippen molar-refractivity contribution >= 4 is 22.3 Å². The third kappa shape index (κ3) is 15.9. The number of halogens is 1. The minimum absolute atomic E-state index is 0.416. The molecule has 0 saturated carbocycles. The summed E-state index contributed by atoms with van der Waals surface area (Å²) in [4.78, 5) is 6.52. The van der Waals surface area contributed by atoms with Gasteiger partial charge >= 0.3 is 0 Å². The van der Waals surface area contributed by atoms with Crippen LogP contribution >= 0.6 is 15.9 Å². The number of rotatable bonds is 14. The third-order valence-corrected chi connectivity index (χ3v) is 6.02. The Hall–Kier alpha value is -2.59. The Morgan fingerprint density at radius 2 is 1.98 bits per heavy atom. The Morgan fingerprint density at radius 3 is 2.52 bits per heavy atom. The first-order valence-electron chi connectivity index (χ1n) is 13.7. The fourth-order valence-corrected chi connectivity index (χ4v) is 3.76. The first-order valence-corrected chi connectivity index (χ1v) is 15.2. The Morgan fingerprint density at radius 1 is 1.23 bits per heavy atom. The highest BCUT2D eigenvalue weighted by molar-refractivity contribution is 9.08. The molecule has 2 rings (SSSR count). The van der Waals surface area contributed by atoms with E-state index in [9.17, 15) is 0 Å². The summed E-state index contributed by atoms with van der Waals surface area (Å²) in [7, 11) is 5.69. The molecule has 1 heterocycles. The highest BCUT2D eigenvalue weighted by Gasteiger charge is 2.20. The van der Waals surface area contributed by atoms with Gasteiger partial charge in [0.2, 0.25) is 5.88 Å². The first kappa shape index (κ1) is 37.4. The standard InChI is InChI=1S/C24H39N5O3.C6H10.CH3Br/c1-5-6-10-27-11-9-24(28-18-25)32-21-14-22(30-4)23(13-20(21)15-26-2)31-17-19-8-7-12-29(3)16-19;1-4-6(3)5-2;1-2/h5-6,9,13-14,18-19,26-27H,7-8,10-12,15-17H2,1-4H3,(H2,25,28);4-5H,1H2,2-3H3;1H3/b6-5-,24-9+;6-5-;. The van der Waals surface area contributed by atoms with E-state index in [1.54, 1.807) is 7.11 Å². The van der Waals surface area contributed by atoms with Crippen molar-refractivity contribution in [3.63, 3.8) is 0 Å². The first-order chi connectivity index (χ1) is 19.4. The van der Waals surface area contributed by atoms with Crippen LogP contribution in [0.5, 0.6) is 17.2 Å². The molecular weight excluding hydrogens is 570 g/mol. The van der Waals surface area contributed by atoms with Gasteiger partial charge in [-0.2, -0.15) is 0 Å². The predicted molar refractivity (Wildman–Crippen MR) is 175 cm³/mol. The predicted octanol–water partition coefficient (Wildman–Crippen LogP) is 5.66. The molecule has 1 aromatic carbocycles. The SMILES string of the molecule is C/C=C\CNC/C=C(\N=C/N)Oc1cc(OC)c(OCC2CCCN(C)C2)cc1CNC.C=C/C(C)=C\C.CBr. The zero-order valence-corrected chi connectivity index (χ0v) is 27.2. The van der Waals surface area contributed by atoms with Crippen LogP contribution in [0.2, 0.25) is 0 Å². The molecule has 226 valence electrons. The zero-order chi connectivity index (χ0) is 30.2. The summed E-state index contributed by atoms with van der Waals surface area (Å²) in [5.41, 5.74) is 7.71. The molecule has 0 aromatic heterocycles. The average molecular weight is 623 g/mol. The van der Waals surface area contributed by atoms with Crippen LogP contribution in [0.25, 0.3) is 0 Å². The normalized spacial score (nSPS) is 16.1. The molecule has 40 heavy (non-hydrogen) atoms. The Kier molecular flexibility index (Phi) is 22.7. The van der Waals surface area contributed by atoms with Gasteiger partial charge in [-0.25, -0.2) is 4.99 Å². The number of piperidine rings is 1. The molecule has 1 saturated heterocycles. The lowest BCUT2D eigenvalue weighted by atomic mass is 9.99. The van der Waals surface area contributed by atoms with Crippen LogP contribution in [0.1, 0.15) is 39.2 Å². The maximum Gasteiger partial charge on any atom is 0.217 e. The number of benzene rings is 1. The lowest BCUT2D eigenvalue weighted by Gasteiger charge is -2.29. The molecule has 0 amide bonds. The number of likely N-dealkylation sites (tertiary alicyclic amines) is 1. The van der Waals surface area contributed by atoms with Crippen molar-refractivity contribution in [1.29, 1.82) is 0 Å². The molecule has 8 nitrogen and oxygen atoms in total. The van der Waals surface area contributed by atoms with Crippen LogP contribution in [0.4, 0.5) is 0 Å². The Balaban J connectivity index is 0.00000168. The number of nitrogens with two attached hydrogens (primary N) is 1. The summed E-state index contributed by atoms with van der Waals surface area (Å²) in [5.74, 6) is 4.74. The lowest BCUT2D eigenvalue weighted by molar-refractivity contribution is 0.148. The summed E-state index contributed by atoms with van der Waals surface area (Å²) < 4.78 is 17.9. The van der Waals surface area contributed by atoms with Crippen molar-refractivity contribution < 1.29 is 14.2 Å². The van der Waals surface area contributed by atoms with E-state index >= 15 is 0 Å². The van der Waals surface area contributed by atoms with Crippen LogP contribution in [0.15, 0.2) is 65.5 Å². The van der Waals surface area contributed by atoms with Gasteiger partial charge in [-0.3, -0.25) is 0 Å². The molecule has 0 spiro atoms. The number of nitrogens with one attached hydrogen (secondary N) is 2. The largest absolute Gasteiger partial charge is 0.493 e. The molecule has 1 aromatic rings. The summed E-state index contributed by atoms with van der Waals surface area (Å²) >= 11 is 2.94. The fraction of sp³-hybridized carbons (Fsp3) is 0.516. The van der Waals surface area contributed by atoms with E-state index in [1.165, 1.54) is 24.8 Å². The van der Waals surface area contributed by atoms with Crippen LogP contribution in [-0.2, 0) is 6.54 Å². The molecule has 1 fully saturated rings. The zero-order valence-electron chi connectivity index (χ0n) is 25.6. The molecule has 0 aliphatic carbocycles. The second-order valence-corrected chi connectivity index (χ2v) is 9.11. The van der Waals surface area contributed by atoms with Gasteiger partial charge in [0.05, 0.1) is 20.1 Å². The molecule has 1 aliphatic rings. The number of aliphatic imine (C=N–C) groups is 1. The van der Waals surface area contributed by atoms with E-state index in [-0.39, 0.29) is 0 Å². The topological polar surface area (TPSA) is 93.4 Å². The number of alkyl halides is 1. The lowest BCUT2D eigenvalue weighted by Crippen LogP contribution is -2.34. The van der Waals surface area contributed by atoms with Crippen LogP contribution < -0.4 is 30.6 Å². The average Bonchev–Trinajstić information content (AvgIpc) is 2.98. The van der Waals surface area contributed by atoms with Gasteiger partial charge in [0.15, 0.2) is 11.5 Å². The van der Waals surface area contributed by atoms with E-state index in [2.05, 4.69) is 50.1 Å². The van der Waals surface area contributed by atoms with Gasteiger partial charge in [0, 0.05) is 43.7 Å².